The first-order chi connectivity index (χ1) is 9.97. The molecule has 0 aliphatic carbocycles. The molecule has 4 heteroatoms. The lowest BCUT2D eigenvalue weighted by Crippen LogP contribution is -2.36. The van der Waals surface area contributed by atoms with Crippen molar-refractivity contribution in [1.82, 2.24) is 4.90 Å². The Balaban J connectivity index is 1.99. The maximum absolute atomic E-state index is 13.3. The van der Waals surface area contributed by atoms with Crippen LogP contribution in [0.25, 0.3) is 0 Å². The van der Waals surface area contributed by atoms with Crippen LogP contribution in [-0.2, 0) is 4.79 Å². The zero-order chi connectivity index (χ0) is 15.4. The second-order valence-electron chi connectivity index (χ2n) is 6.33. The highest BCUT2D eigenvalue weighted by Gasteiger charge is 2.25. The van der Waals surface area contributed by atoms with Crippen molar-refractivity contribution in [2.45, 2.75) is 39.2 Å². The van der Waals surface area contributed by atoms with Gasteiger partial charge in [-0.25, -0.2) is 4.39 Å². The molecule has 1 aromatic rings. The van der Waals surface area contributed by atoms with Crippen LogP contribution in [0, 0.1) is 17.7 Å². The van der Waals surface area contributed by atoms with E-state index in [0.717, 1.165) is 24.9 Å². The number of nitrogens with two attached hydrogens (primary N) is 1. The average Bonchev–Trinajstić information content (AvgIpc) is 2.62. The van der Waals surface area contributed by atoms with Gasteiger partial charge in [0.1, 0.15) is 5.82 Å². The van der Waals surface area contributed by atoms with Crippen molar-refractivity contribution >= 4 is 5.91 Å². The van der Waals surface area contributed by atoms with Crippen molar-refractivity contribution in [1.29, 1.82) is 0 Å². The van der Waals surface area contributed by atoms with Crippen molar-refractivity contribution in [3.63, 3.8) is 0 Å². The minimum absolute atomic E-state index is 0.171. The topological polar surface area (TPSA) is 46.3 Å². The summed E-state index contributed by atoms with van der Waals surface area (Å²) in [6, 6.07) is 5.99. The molecular formula is C17H25FN2O. The van der Waals surface area contributed by atoms with Gasteiger partial charge in [0.2, 0.25) is 5.91 Å². The summed E-state index contributed by atoms with van der Waals surface area (Å²) >= 11 is 0. The number of rotatable bonds is 4. The van der Waals surface area contributed by atoms with Gasteiger partial charge in [-0.05, 0) is 42.4 Å². The van der Waals surface area contributed by atoms with E-state index in [4.69, 9.17) is 5.73 Å². The van der Waals surface area contributed by atoms with E-state index in [1.807, 2.05) is 11.0 Å². The molecule has 0 bridgehead atoms. The van der Waals surface area contributed by atoms with E-state index in [1.165, 1.54) is 12.1 Å². The van der Waals surface area contributed by atoms with Crippen molar-refractivity contribution in [2.24, 2.45) is 17.6 Å². The lowest BCUT2D eigenvalue weighted by molar-refractivity contribution is -0.130. The van der Waals surface area contributed by atoms with Gasteiger partial charge in [-0.3, -0.25) is 4.79 Å². The predicted octanol–water partition coefficient (Wildman–Crippen LogP) is 3.11. The van der Waals surface area contributed by atoms with Crippen molar-refractivity contribution in [3.05, 3.63) is 35.6 Å². The largest absolute Gasteiger partial charge is 0.341 e. The van der Waals surface area contributed by atoms with Crippen molar-refractivity contribution in [2.75, 3.05) is 13.1 Å². The summed E-state index contributed by atoms with van der Waals surface area (Å²) in [5.41, 5.74) is 6.88. The molecule has 0 spiro atoms. The molecule has 2 rings (SSSR count). The Kier molecular flexibility index (Phi) is 5.34. The standard InChI is InChI=1S/C17H25FN2O/c1-12(2)13-6-7-17(21)20(9-8-13)11-16(19)14-4-3-5-15(18)10-14/h3-5,10,12-13,16H,6-9,11,19H2,1-2H3. The van der Waals surface area contributed by atoms with Gasteiger partial charge >= 0.3 is 0 Å². The number of benzene rings is 1. The van der Waals surface area contributed by atoms with E-state index in [-0.39, 0.29) is 17.8 Å². The monoisotopic (exact) mass is 292 g/mol. The molecule has 2 N–H and O–H groups in total. The molecular weight excluding hydrogens is 267 g/mol. The molecule has 21 heavy (non-hydrogen) atoms. The van der Waals surface area contributed by atoms with Crippen LogP contribution in [-0.4, -0.2) is 23.9 Å². The van der Waals surface area contributed by atoms with E-state index in [9.17, 15) is 9.18 Å². The summed E-state index contributed by atoms with van der Waals surface area (Å²) in [6.07, 6.45) is 2.58. The van der Waals surface area contributed by atoms with Gasteiger partial charge in [-0.2, -0.15) is 0 Å². The molecule has 1 fully saturated rings. The quantitative estimate of drug-likeness (QED) is 0.927. The third-order valence-corrected chi connectivity index (χ3v) is 4.49. The summed E-state index contributed by atoms with van der Waals surface area (Å²) < 4.78 is 13.3. The van der Waals surface area contributed by atoms with Crippen LogP contribution >= 0.6 is 0 Å². The number of carbonyl (C=O) groups excluding carboxylic acids is 1. The Morgan fingerprint density at radius 3 is 2.81 bits per heavy atom. The van der Waals surface area contributed by atoms with E-state index in [1.54, 1.807) is 6.07 Å². The predicted molar refractivity (Wildman–Crippen MR) is 82.1 cm³/mol. The highest BCUT2D eigenvalue weighted by atomic mass is 19.1. The number of halogens is 1. The summed E-state index contributed by atoms with van der Waals surface area (Å²) in [5, 5.41) is 0. The SMILES string of the molecule is CC(C)C1CCC(=O)N(CC(N)c2cccc(F)c2)CC1. The molecule has 1 heterocycles. The van der Waals surface area contributed by atoms with Gasteiger partial charge in [0.25, 0.3) is 0 Å². The number of hydrogen-bond acceptors (Lipinski definition) is 2. The summed E-state index contributed by atoms with van der Waals surface area (Å²) in [5.74, 6) is 1.09. The first-order valence-corrected chi connectivity index (χ1v) is 7.76. The minimum Gasteiger partial charge on any atom is -0.341 e. The van der Waals surface area contributed by atoms with Crippen LogP contribution in [0.15, 0.2) is 24.3 Å². The number of nitrogens with zero attached hydrogens (tertiary/aromatic N) is 1. The number of carbonyl (C=O) groups is 1. The van der Waals surface area contributed by atoms with E-state index in [2.05, 4.69) is 13.8 Å². The van der Waals surface area contributed by atoms with Crippen LogP contribution in [0.5, 0.6) is 0 Å². The second-order valence-corrected chi connectivity index (χ2v) is 6.33. The highest BCUT2D eigenvalue weighted by Crippen LogP contribution is 2.26. The van der Waals surface area contributed by atoms with E-state index in [0.29, 0.717) is 24.8 Å². The molecule has 0 radical (unpaired) electrons. The molecule has 1 saturated heterocycles. The van der Waals surface area contributed by atoms with Gasteiger partial charge in [0.15, 0.2) is 0 Å². The maximum atomic E-state index is 13.3. The first kappa shape index (κ1) is 16.0. The molecule has 0 saturated carbocycles. The van der Waals surface area contributed by atoms with Crippen molar-refractivity contribution < 1.29 is 9.18 Å². The van der Waals surface area contributed by atoms with Crippen LogP contribution in [0.2, 0.25) is 0 Å². The number of hydrogen-bond donors (Lipinski definition) is 1. The fraction of sp³-hybridized carbons (Fsp3) is 0.588. The zero-order valence-corrected chi connectivity index (χ0v) is 12.9. The van der Waals surface area contributed by atoms with Crippen molar-refractivity contribution in [3.8, 4) is 0 Å². The zero-order valence-electron chi connectivity index (χ0n) is 12.9. The molecule has 3 nitrogen and oxygen atoms in total. The molecule has 1 aromatic carbocycles. The highest BCUT2D eigenvalue weighted by molar-refractivity contribution is 5.76. The summed E-state index contributed by atoms with van der Waals surface area (Å²) in [6.45, 7) is 5.64. The lowest BCUT2D eigenvalue weighted by atomic mass is 9.89. The third-order valence-electron chi connectivity index (χ3n) is 4.49. The smallest absolute Gasteiger partial charge is 0.222 e. The van der Waals surface area contributed by atoms with Gasteiger partial charge < -0.3 is 10.6 Å². The normalized spacial score (nSPS) is 21.5. The van der Waals surface area contributed by atoms with Crippen LogP contribution < -0.4 is 5.73 Å². The van der Waals surface area contributed by atoms with Gasteiger partial charge in [-0.1, -0.05) is 26.0 Å². The Bertz CT molecular complexity index is 489. The molecule has 116 valence electrons. The van der Waals surface area contributed by atoms with E-state index < -0.39 is 0 Å². The Labute approximate surface area is 126 Å². The Morgan fingerprint density at radius 2 is 2.14 bits per heavy atom. The van der Waals surface area contributed by atoms with Gasteiger partial charge in [-0.15, -0.1) is 0 Å². The molecule has 1 aliphatic rings. The fourth-order valence-electron chi connectivity index (χ4n) is 3.00. The molecule has 1 amide bonds. The summed E-state index contributed by atoms with van der Waals surface area (Å²) in [4.78, 5) is 14.1. The number of likely N-dealkylation sites (tertiary alicyclic amines) is 1. The number of amides is 1. The summed E-state index contributed by atoms with van der Waals surface area (Å²) in [7, 11) is 0. The maximum Gasteiger partial charge on any atom is 0.222 e. The van der Waals surface area contributed by atoms with E-state index >= 15 is 0 Å². The molecule has 2 unspecified atom stereocenters. The van der Waals surface area contributed by atoms with Crippen LogP contribution in [0.3, 0.4) is 0 Å². The third kappa shape index (κ3) is 4.27. The fourth-order valence-corrected chi connectivity index (χ4v) is 3.00. The molecule has 0 aromatic heterocycles. The Morgan fingerprint density at radius 1 is 1.38 bits per heavy atom. The molecule has 1 aliphatic heterocycles. The van der Waals surface area contributed by atoms with Gasteiger partial charge in [0.05, 0.1) is 0 Å². The average molecular weight is 292 g/mol. The van der Waals surface area contributed by atoms with Crippen LogP contribution in [0.1, 0.15) is 44.7 Å². The first-order valence-electron chi connectivity index (χ1n) is 7.76. The lowest BCUT2D eigenvalue weighted by Gasteiger charge is -2.25. The minimum atomic E-state index is -0.333. The van der Waals surface area contributed by atoms with Gasteiger partial charge in [0, 0.05) is 25.6 Å². The van der Waals surface area contributed by atoms with Crippen LogP contribution in [0.4, 0.5) is 4.39 Å². The Hall–Kier alpha value is -1.42. The molecule has 2 atom stereocenters. The second kappa shape index (κ2) is 7.03.